The summed E-state index contributed by atoms with van der Waals surface area (Å²) < 4.78 is 5.29. The summed E-state index contributed by atoms with van der Waals surface area (Å²) in [5.41, 5.74) is 6.71. The Hall–Kier alpha value is -3.71. The molecule has 0 saturated heterocycles. The van der Waals surface area contributed by atoms with E-state index in [-0.39, 0.29) is 39.2 Å². The van der Waals surface area contributed by atoms with Gasteiger partial charge in [0.05, 0.1) is 5.69 Å². The molecule has 10 nitrogen and oxygen atoms in total. The molecular weight excluding hydrogens is 338 g/mol. The van der Waals surface area contributed by atoms with Crippen LogP contribution in [-0.4, -0.2) is 35.4 Å². The number of anilines is 2. The molecule has 2 aromatic rings. The summed E-state index contributed by atoms with van der Waals surface area (Å²) in [6, 6.07) is 8.42. The summed E-state index contributed by atoms with van der Waals surface area (Å²) >= 11 is 0. The monoisotopic (exact) mass is 357 g/mol. The highest BCUT2D eigenvalue weighted by Crippen LogP contribution is 2.28. The zero-order chi connectivity index (χ0) is 18.5. The zero-order valence-electron chi connectivity index (χ0n) is 13.8. The van der Waals surface area contributed by atoms with Crippen LogP contribution >= 0.6 is 0 Å². The number of carbonyl (C=O) groups is 2. The number of ether oxygens (including phenoxy) is 1. The number of amides is 2. The Bertz CT molecular complexity index is 918. The molecule has 1 aliphatic rings. The number of aromatic nitrogens is 2. The van der Waals surface area contributed by atoms with Crippen molar-refractivity contribution in [3.63, 3.8) is 0 Å². The third-order valence-electron chi connectivity index (χ3n) is 3.44. The van der Waals surface area contributed by atoms with Crippen molar-refractivity contribution in [2.45, 2.75) is 6.54 Å². The van der Waals surface area contributed by atoms with Crippen molar-refractivity contribution < 1.29 is 17.2 Å². The Labute approximate surface area is 151 Å². The van der Waals surface area contributed by atoms with Gasteiger partial charge in [0.2, 0.25) is 5.95 Å². The average molecular weight is 357 g/mol. The van der Waals surface area contributed by atoms with Gasteiger partial charge >= 0.3 is 0 Å². The van der Waals surface area contributed by atoms with Gasteiger partial charge in [-0.1, -0.05) is 6.07 Å². The van der Waals surface area contributed by atoms with Gasteiger partial charge < -0.3 is 15.4 Å². The van der Waals surface area contributed by atoms with Crippen LogP contribution in [-0.2, 0) is 11.3 Å². The van der Waals surface area contributed by atoms with Gasteiger partial charge in [-0.25, -0.2) is 15.4 Å². The standard InChI is InChI=1S/C16H15N7O3.2H2/c1-18-23-16-20-10(6-17)5-12(22-16)15(25)19-7-9-2-3-13-11(4-9)21-14(24)8-26-13;;/h2-5,18H,7-8H2,1H3,(H,19,25)(H,21,24)(H,20,22,23);2*1H. The normalized spacial score (nSPS) is 12.2. The summed E-state index contributed by atoms with van der Waals surface area (Å²) in [4.78, 5) is 31.7. The lowest BCUT2D eigenvalue weighted by Gasteiger charge is -2.18. The minimum atomic E-state index is -0.457. The minimum Gasteiger partial charge on any atom is -0.482 e. The smallest absolute Gasteiger partial charge is 0.270 e. The minimum absolute atomic E-state index is 0. The van der Waals surface area contributed by atoms with Gasteiger partial charge in [0.25, 0.3) is 11.8 Å². The highest BCUT2D eigenvalue weighted by molar-refractivity contribution is 5.95. The van der Waals surface area contributed by atoms with Crippen molar-refractivity contribution in [1.82, 2.24) is 20.7 Å². The number of nitriles is 1. The van der Waals surface area contributed by atoms with Gasteiger partial charge in [0.1, 0.15) is 23.2 Å². The fraction of sp³-hybridized carbons (Fsp3) is 0.188. The number of rotatable bonds is 5. The first-order valence-corrected chi connectivity index (χ1v) is 7.65. The Morgan fingerprint density at radius 1 is 1.42 bits per heavy atom. The number of benzene rings is 1. The van der Waals surface area contributed by atoms with E-state index in [1.807, 2.05) is 6.07 Å². The maximum atomic E-state index is 12.3. The summed E-state index contributed by atoms with van der Waals surface area (Å²) in [5.74, 6) is 0.0107. The Kier molecular flexibility index (Phi) is 4.91. The van der Waals surface area contributed by atoms with E-state index in [4.69, 9.17) is 10.00 Å². The second-order valence-corrected chi connectivity index (χ2v) is 5.30. The van der Waals surface area contributed by atoms with Crippen LogP contribution in [0.15, 0.2) is 24.3 Å². The first-order chi connectivity index (χ1) is 12.6. The molecule has 2 amide bonds. The number of nitrogens with one attached hydrogen (secondary N) is 4. The van der Waals surface area contributed by atoms with E-state index in [1.54, 1.807) is 25.2 Å². The van der Waals surface area contributed by atoms with Crippen LogP contribution in [0.1, 0.15) is 24.6 Å². The molecule has 4 N–H and O–H groups in total. The summed E-state index contributed by atoms with van der Waals surface area (Å²) in [7, 11) is 1.61. The molecule has 0 bridgehead atoms. The largest absolute Gasteiger partial charge is 0.482 e. The van der Waals surface area contributed by atoms with Crippen molar-refractivity contribution in [2.24, 2.45) is 0 Å². The summed E-state index contributed by atoms with van der Waals surface area (Å²) in [6.07, 6.45) is 0. The number of hydrogen-bond acceptors (Lipinski definition) is 8. The second kappa shape index (κ2) is 7.45. The number of hydrogen-bond donors (Lipinski definition) is 4. The Morgan fingerprint density at radius 3 is 3.04 bits per heavy atom. The lowest BCUT2D eigenvalue weighted by Crippen LogP contribution is -2.27. The summed E-state index contributed by atoms with van der Waals surface area (Å²) in [6.45, 7) is 0.198. The first-order valence-electron chi connectivity index (χ1n) is 7.65. The molecule has 136 valence electrons. The van der Waals surface area contributed by atoms with Crippen molar-refractivity contribution in [1.29, 1.82) is 5.26 Å². The number of fused-ring (bicyclic) bond motifs is 1. The van der Waals surface area contributed by atoms with Gasteiger partial charge in [0, 0.05) is 22.5 Å². The Morgan fingerprint density at radius 2 is 2.27 bits per heavy atom. The molecule has 26 heavy (non-hydrogen) atoms. The van der Waals surface area contributed by atoms with Crippen LogP contribution in [0, 0.1) is 11.3 Å². The quantitative estimate of drug-likeness (QED) is 0.572. The van der Waals surface area contributed by atoms with Gasteiger partial charge in [0.15, 0.2) is 6.61 Å². The van der Waals surface area contributed by atoms with Gasteiger partial charge in [-0.3, -0.25) is 15.0 Å². The van der Waals surface area contributed by atoms with Crippen LogP contribution < -0.4 is 26.2 Å². The van der Waals surface area contributed by atoms with Crippen LogP contribution in [0.5, 0.6) is 5.75 Å². The molecule has 0 fully saturated rings. The Balaban J connectivity index is 0.00000196. The van der Waals surface area contributed by atoms with E-state index in [1.165, 1.54) is 6.07 Å². The van der Waals surface area contributed by atoms with Crippen molar-refractivity contribution in [3.8, 4) is 11.8 Å². The maximum absolute atomic E-state index is 12.3. The maximum Gasteiger partial charge on any atom is 0.270 e. The fourth-order valence-corrected chi connectivity index (χ4v) is 2.30. The lowest BCUT2D eigenvalue weighted by molar-refractivity contribution is -0.118. The molecule has 0 atom stereocenters. The number of hydrazine groups is 1. The number of nitrogens with zero attached hydrogens (tertiary/aromatic N) is 3. The molecule has 10 heteroatoms. The third kappa shape index (κ3) is 3.85. The van der Waals surface area contributed by atoms with Crippen LogP contribution in [0.4, 0.5) is 11.6 Å². The van der Waals surface area contributed by atoms with Gasteiger partial charge in [-0.2, -0.15) is 5.26 Å². The van der Waals surface area contributed by atoms with Gasteiger partial charge in [-0.05, 0) is 17.7 Å². The molecule has 0 saturated carbocycles. The lowest BCUT2D eigenvalue weighted by atomic mass is 10.1. The molecule has 1 aromatic heterocycles. The molecule has 1 aromatic carbocycles. The molecule has 0 radical (unpaired) electrons. The van der Waals surface area contributed by atoms with Gasteiger partial charge in [-0.15, -0.1) is 0 Å². The highest BCUT2D eigenvalue weighted by atomic mass is 16.5. The van der Waals surface area contributed by atoms with Crippen LogP contribution in [0.3, 0.4) is 0 Å². The van der Waals surface area contributed by atoms with E-state index in [2.05, 4.69) is 31.5 Å². The molecular formula is C16H19N7O3. The second-order valence-electron chi connectivity index (χ2n) is 5.30. The van der Waals surface area contributed by atoms with Crippen LogP contribution in [0.2, 0.25) is 0 Å². The van der Waals surface area contributed by atoms with Crippen molar-refractivity contribution in [3.05, 3.63) is 41.2 Å². The molecule has 1 aliphatic heterocycles. The highest BCUT2D eigenvalue weighted by Gasteiger charge is 2.16. The average Bonchev–Trinajstić information content (AvgIpc) is 2.65. The van der Waals surface area contributed by atoms with E-state index in [0.717, 1.165) is 5.56 Å². The first kappa shape index (κ1) is 17.1. The number of carbonyl (C=O) groups excluding carboxylic acids is 2. The van der Waals surface area contributed by atoms with E-state index < -0.39 is 5.91 Å². The molecule has 3 rings (SSSR count). The van der Waals surface area contributed by atoms with E-state index >= 15 is 0 Å². The molecule has 0 spiro atoms. The van der Waals surface area contributed by atoms with E-state index in [0.29, 0.717) is 11.4 Å². The van der Waals surface area contributed by atoms with E-state index in [9.17, 15) is 9.59 Å². The zero-order valence-corrected chi connectivity index (χ0v) is 13.8. The predicted molar refractivity (Wildman–Crippen MR) is 95.4 cm³/mol. The van der Waals surface area contributed by atoms with Crippen LogP contribution in [0.25, 0.3) is 0 Å². The molecule has 2 heterocycles. The summed E-state index contributed by atoms with van der Waals surface area (Å²) in [5, 5.41) is 14.4. The topological polar surface area (TPSA) is 141 Å². The predicted octanol–water partition coefficient (Wildman–Crippen LogP) is 0.647. The third-order valence-corrected chi connectivity index (χ3v) is 3.44. The van der Waals surface area contributed by atoms with Crippen molar-refractivity contribution >= 4 is 23.5 Å². The fourth-order valence-electron chi connectivity index (χ4n) is 2.30. The SMILES string of the molecule is CNNc1nc(C#N)cc(C(=O)NCc2ccc3c(c2)NC(=O)CO3)n1.[HH].[HH]. The molecule has 0 aliphatic carbocycles. The molecule has 0 unspecified atom stereocenters. The van der Waals surface area contributed by atoms with Crippen molar-refractivity contribution in [2.75, 3.05) is 24.4 Å².